The summed E-state index contributed by atoms with van der Waals surface area (Å²) in [5.41, 5.74) is 8.67. The SMILES string of the molecule is c1ccc2c(c1)-c1nc3ccccc3n1[Si]2(c1ccc(-c2nc(-c3ccc4ccccc4c3)nc(-c3ccc4ccccc4c3)n2)cc1)c1ccc(-c2nc(-c3ccc4ccccc4c3)nc(-c3ccc4ccccc4c3)n2)cc1. The van der Waals surface area contributed by atoms with Crippen molar-refractivity contribution in [2.24, 2.45) is 0 Å². The molecule has 4 heterocycles. The van der Waals surface area contributed by atoms with Crippen molar-refractivity contribution in [2.75, 3.05) is 0 Å². The molecular weight excluding hydrogens is 993 g/mol. The molecule has 0 atom stereocenters. The van der Waals surface area contributed by atoms with Crippen molar-refractivity contribution in [2.45, 2.75) is 0 Å². The Labute approximate surface area is 461 Å². The number of fused-ring (bicyclic) bond motifs is 9. The number of rotatable bonds is 8. The molecule has 0 saturated heterocycles. The van der Waals surface area contributed by atoms with Gasteiger partial charge in [-0.1, -0.05) is 231 Å². The van der Waals surface area contributed by atoms with E-state index < -0.39 is 8.24 Å². The van der Waals surface area contributed by atoms with E-state index >= 15 is 0 Å². The van der Waals surface area contributed by atoms with Gasteiger partial charge in [-0.05, 0) is 95.0 Å². The van der Waals surface area contributed by atoms with Gasteiger partial charge < -0.3 is 4.23 Å². The topological polar surface area (TPSA) is 95.2 Å². The molecule has 0 saturated carbocycles. The van der Waals surface area contributed by atoms with Gasteiger partial charge in [0.05, 0.1) is 11.0 Å². The fraction of sp³-hybridized carbons (Fsp3) is 0. The second-order valence-electron chi connectivity index (χ2n) is 20.5. The van der Waals surface area contributed by atoms with Crippen LogP contribution in [-0.4, -0.2) is 47.4 Å². The maximum atomic E-state index is 5.38. The summed E-state index contributed by atoms with van der Waals surface area (Å²) in [6.07, 6.45) is 0. The normalized spacial score (nSPS) is 12.6. The van der Waals surface area contributed by atoms with E-state index in [4.69, 9.17) is 34.9 Å². The van der Waals surface area contributed by atoms with E-state index in [0.717, 1.165) is 98.9 Å². The molecule has 16 rings (SSSR count). The van der Waals surface area contributed by atoms with Gasteiger partial charge in [-0.15, -0.1) is 0 Å². The Morgan fingerprint density at radius 3 is 0.963 bits per heavy atom. The van der Waals surface area contributed by atoms with Gasteiger partial charge in [-0.2, -0.15) is 0 Å². The largest absolute Gasteiger partial charge is 0.339 e. The summed E-state index contributed by atoms with van der Waals surface area (Å²) >= 11 is 0. The molecule has 0 bridgehead atoms. The van der Waals surface area contributed by atoms with Gasteiger partial charge in [0, 0.05) is 38.9 Å². The van der Waals surface area contributed by atoms with Crippen molar-refractivity contribution < 1.29 is 0 Å². The van der Waals surface area contributed by atoms with Gasteiger partial charge in [-0.25, -0.2) is 34.9 Å². The molecule has 1 aliphatic rings. The molecule has 12 aromatic carbocycles. The first kappa shape index (κ1) is 45.6. The highest BCUT2D eigenvalue weighted by molar-refractivity contribution is 7.12. The number of hydrogen-bond donors (Lipinski definition) is 0. The zero-order valence-electron chi connectivity index (χ0n) is 43.0. The molecule has 0 radical (unpaired) electrons. The van der Waals surface area contributed by atoms with Gasteiger partial charge in [0.1, 0.15) is 5.82 Å². The lowest BCUT2D eigenvalue weighted by Gasteiger charge is -2.32. The Morgan fingerprint density at radius 2 is 0.562 bits per heavy atom. The fourth-order valence-corrected chi connectivity index (χ4v) is 16.9. The molecule has 15 aromatic rings. The second-order valence-corrected chi connectivity index (χ2v) is 24.1. The van der Waals surface area contributed by atoms with E-state index in [1.165, 1.54) is 15.6 Å². The number of imidazole rings is 1. The predicted molar refractivity (Wildman–Crippen MR) is 328 cm³/mol. The summed E-state index contributed by atoms with van der Waals surface area (Å²) in [5.74, 6) is 4.63. The fourth-order valence-electron chi connectivity index (χ4n) is 12.0. The van der Waals surface area contributed by atoms with Crippen molar-refractivity contribution >= 4 is 77.9 Å². The molecule has 0 N–H and O–H groups in total. The van der Waals surface area contributed by atoms with Crippen molar-refractivity contribution in [3.63, 3.8) is 0 Å². The highest BCUT2D eigenvalue weighted by Gasteiger charge is 2.51. The third-order valence-corrected chi connectivity index (χ3v) is 20.6. The van der Waals surface area contributed by atoms with Crippen LogP contribution in [0.1, 0.15) is 0 Å². The number of para-hydroxylation sites is 2. The highest BCUT2D eigenvalue weighted by Crippen LogP contribution is 2.37. The molecule has 8 nitrogen and oxygen atoms in total. The molecule has 0 spiro atoms. The Bertz CT molecular complexity index is 4530. The summed E-state index contributed by atoms with van der Waals surface area (Å²) in [6, 6.07) is 94.5. The van der Waals surface area contributed by atoms with Crippen molar-refractivity contribution in [3.8, 4) is 79.7 Å². The third kappa shape index (κ3) is 7.47. The first-order valence-electron chi connectivity index (χ1n) is 26.9. The Kier molecular flexibility index (Phi) is 10.4. The average molecular weight is 1040 g/mol. The Morgan fingerprint density at radius 1 is 0.250 bits per heavy atom. The van der Waals surface area contributed by atoms with Crippen LogP contribution >= 0.6 is 0 Å². The minimum absolute atomic E-state index is 0.599. The van der Waals surface area contributed by atoms with Crippen molar-refractivity contribution in [1.82, 2.24) is 39.1 Å². The van der Waals surface area contributed by atoms with Gasteiger partial charge in [0.25, 0.3) is 8.24 Å². The predicted octanol–water partition coefficient (Wildman–Crippen LogP) is 14.5. The number of nitrogens with zero attached hydrogens (tertiary/aromatic N) is 8. The van der Waals surface area contributed by atoms with Gasteiger partial charge in [0.15, 0.2) is 34.9 Å². The van der Waals surface area contributed by atoms with Crippen LogP contribution in [0.4, 0.5) is 0 Å². The summed E-state index contributed by atoms with van der Waals surface area (Å²) in [7, 11) is -3.20. The second kappa shape index (κ2) is 18.3. The van der Waals surface area contributed by atoms with E-state index in [2.05, 4.69) is 271 Å². The van der Waals surface area contributed by atoms with E-state index in [-0.39, 0.29) is 0 Å². The molecule has 3 aromatic heterocycles. The minimum Gasteiger partial charge on any atom is -0.339 e. The van der Waals surface area contributed by atoms with Crippen LogP contribution in [-0.2, 0) is 0 Å². The summed E-state index contributed by atoms with van der Waals surface area (Å²) in [5, 5.41) is 12.8. The zero-order valence-corrected chi connectivity index (χ0v) is 44.0. The number of hydrogen-bond acceptors (Lipinski definition) is 7. The molecule has 80 heavy (non-hydrogen) atoms. The maximum Gasteiger partial charge on any atom is 0.259 e. The lowest BCUT2D eigenvalue weighted by Crippen LogP contribution is -2.70. The summed E-state index contributed by atoms with van der Waals surface area (Å²) < 4.78 is 2.56. The van der Waals surface area contributed by atoms with E-state index in [1.54, 1.807) is 0 Å². The zero-order chi connectivity index (χ0) is 52.7. The number of benzene rings is 12. The lowest BCUT2D eigenvalue weighted by molar-refractivity contribution is 1.07. The molecule has 0 aliphatic carbocycles. The van der Waals surface area contributed by atoms with Gasteiger partial charge >= 0.3 is 0 Å². The smallest absolute Gasteiger partial charge is 0.259 e. The van der Waals surface area contributed by atoms with Gasteiger partial charge in [-0.3, -0.25) is 0 Å². The van der Waals surface area contributed by atoms with Crippen LogP contribution in [0.15, 0.2) is 267 Å². The number of aromatic nitrogens is 8. The molecule has 0 fully saturated rings. The molecule has 9 heteroatoms. The van der Waals surface area contributed by atoms with E-state index in [0.29, 0.717) is 34.9 Å². The summed E-state index contributed by atoms with van der Waals surface area (Å²) in [4.78, 5) is 36.7. The lowest BCUT2D eigenvalue weighted by atomic mass is 10.1. The highest BCUT2D eigenvalue weighted by atomic mass is 28.3. The quantitative estimate of drug-likeness (QED) is 0.140. The van der Waals surface area contributed by atoms with Crippen LogP contribution in [0.2, 0.25) is 0 Å². The molecule has 0 amide bonds. The standard InChI is InChI=1S/C71H44N8Si/c1-5-17-51-41-55(29-25-45(51)13-1)67-73-65(74-68(77-67)56-30-26-46-14-2-6-18-52(46)42-56)49-33-37-59(38-34-49)80(64-24-12-9-21-61(64)71-72-62-22-10-11-23-63(62)79(71)80)60-39-35-50(36-40-60)66-75-69(57-31-27-47-15-3-7-19-53(47)43-57)78-70(76-66)58-32-28-48-16-4-8-20-54(48)44-58/h1-44H. The van der Waals surface area contributed by atoms with E-state index in [1.807, 2.05) is 0 Å². The monoisotopic (exact) mass is 1040 g/mol. The van der Waals surface area contributed by atoms with Crippen LogP contribution in [0, 0.1) is 0 Å². The van der Waals surface area contributed by atoms with Crippen LogP contribution in [0.25, 0.3) is 134 Å². The molecule has 0 unspecified atom stereocenters. The van der Waals surface area contributed by atoms with E-state index in [9.17, 15) is 0 Å². The first-order chi connectivity index (χ1) is 39.6. The van der Waals surface area contributed by atoms with Crippen LogP contribution in [0.3, 0.4) is 0 Å². The average Bonchev–Trinajstić information content (AvgIpc) is 3.26. The Hall–Kier alpha value is -10.6. The minimum atomic E-state index is -3.20. The first-order valence-corrected chi connectivity index (χ1v) is 28.8. The molecule has 1 aliphatic heterocycles. The van der Waals surface area contributed by atoms with Crippen LogP contribution in [0.5, 0.6) is 0 Å². The van der Waals surface area contributed by atoms with Gasteiger partial charge in [0.2, 0.25) is 0 Å². The third-order valence-electron chi connectivity index (χ3n) is 15.9. The molecule has 372 valence electrons. The maximum absolute atomic E-state index is 5.38. The van der Waals surface area contributed by atoms with Crippen LogP contribution < -0.4 is 15.6 Å². The van der Waals surface area contributed by atoms with Crippen molar-refractivity contribution in [3.05, 3.63) is 267 Å². The molecular formula is C71H44N8Si. The van der Waals surface area contributed by atoms with Crippen molar-refractivity contribution in [1.29, 1.82) is 0 Å². The summed E-state index contributed by atoms with van der Waals surface area (Å²) in [6.45, 7) is 0. The Balaban J connectivity index is 0.859.